The molecular formula is C11H13Cl2N. The van der Waals surface area contributed by atoms with Gasteiger partial charge in [-0.25, -0.2) is 0 Å². The van der Waals surface area contributed by atoms with Crippen molar-refractivity contribution >= 4 is 23.2 Å². The zero-order valence-electron chi connectivity index (χ0n) is 7.89. The SMILES string of the molecule is C=CCNCCc1ccc(Cl)cc1Cl. The van der Waals surface area contributed by atoms with E-state index in [1.807, 2.05) is 18.2 Å². The van der Waals surface area contributed by atoms with Gasteiger partial charge in [-0.1, -0.05) is 35.3 Å². The normalized spacial score (nSPS) is 10.1. The molecule has 0 aromatic heterocycles. The molecule has 0 fully saturated rings. The van der Waals surface area contributed by atoms with E-state index in [4.69, 9.17) is 23.2 Å². The van der Waals surface area contributed by atoms with Crippen LogP contribution in [0.2, 0.25) is 10.0 Å². The van der Waals surface area contributed by atoms with Gasteiger partial charge in [0.15, 0.2) is 0 Å². The molecule has 0 aliphatic carbocycles. The fourth-order valence-electron chi connectivity index (χ4n) is 1.15. The van der Waals surface area contributed by atoms with E-state index < -0.39 is 0 Å². The summed E-state index contributed by atoms with van der Waals surface area (Å²) < 4.78 is 0. The lowest BCUT2D eigenvalue weighted by atomic mass is 10.1. The lowest BCUT2D eigenvalue weighted by molar-refractivity contribution is 0.745. The summed E-state index contributed by atoms with van der Waals surface area (Å²) >= 11 is 11.8. The van der Waals surface area contributed by atoms with E-state index in [9.17, 15) is 0 Å². The van der Waals surface area contributed by atoms with E-state index in [0.29, 0.717) is 5.02 Å². The van der Waals surface area contributed by atoms with E-state index in [1.54, 1.807) is 6.07 Å². The van der Waals surface area contributed by atoms with Crippen LogP contribution in [0.3, 0.4) is 0 Å². The number of benzene rings is 1. The van der Waals surface area contributed by atoms with Crippen molar-refractivity contribution in [1.29, 1.82) is 0 Å². The van der Waals surface area contributed by atoms with Crippen molar-refractivity contribution in [2.75, 3.05) is 13.1 Å². The first-order valence-electron chi connectivity index (χ1n) is 4.49. The minimum absolute atomic E-state index is 0.679. The Balaban J connectivity index is 2.46. The van der Waals surface area contributed by atoms with E-state index >= 15 is 0 Å². The Morgan fingerprint density at radius 2 is 2.14 bits per heavy atom. The summed E-state index contributed by atoms with van der Waals surface area (Å²) in [6.45, 7) is 5.35. The summed E-state index contributed by atoms with van der Waals surface area (Å²) in [7, 11) is 0. The maximum Gasteiger partial charge on any atom is 0.0453 e. The zero-order chi connectivity index (χ0) is 10.4. The lowest BCUT2D eigenvalue weighted by Crippen LogP contribution is -2.16. The van der Waals surface area contributed by atoms with Crippen LogP contribution < -0.4 is 5.32 Å². The highest BCUT2D eigenvalue weighted by Crippen LogP contribution is 2.20. The van der Waals surface area contributed by atoms with Gasteiger partial charge in [-0.2, -0.15) is 0 Å². The van der Waals surface area contributed by atoms with Gasteiger partial charge in [0.05, 0.1) is 0 Å². The molecule has 0 aliphatic heterocycles. The highest BCUT2D eigenvalue weighted by molar-refractivity contribution is 6.35. The van der Waals surface area contributed by atoms with Gasteiger partial charge in [-0.05, 0) is 30.7 Å². The molecule has 3 heteroatoms. The minimum Gasteiger partial charge on any atom is -0.313 e. The summed E-state index contributed by atoms with van der Waals surface area (Å²) in [4.78, 5) is 0. The van der Waals surface area contributed by atoms with Crippen molar-refractivity contribution in [3.8, 4) is 0 Å². The van der Waals surface area contributed by atoms with Crippen LogP contribution in [0.1, 0.15) is 5.56 Å². The summed E-state index contributed by atoms with van der Waals surface area (Å²) in [5.74, 6) is 0. The fourth-order valence-corrected chi connectivity index (χ4v) is 1.65. The Bertz CT molecular complexity index is 310. The Kier molecular flexibility index (Phi) is 5.02. The molecule has 1 N–H and O–H groups in total. The van der Waals surface area contributed by atoms with Gasteiger partial charge in [0.2, 0.25) is 0 Å². The fraction of sp³-hybridized carbons (Fsp3) is 0.273. The maximum atomic E-state index is 6.01. The Morgan fingerprint density at radius 1 is 1.36 bits per heavy atom. The second kappa shape index (κ2) is 6.07. The van der Waals surface area contributed by atoms with Crippen molar-refractivity contribution in [3.05, 3.63) is 46.5 Å². The first-order valence-corrected chi connectivity index (χ1v) is 5.25. The molecule has 0 heterocycles. The Morgan fingerprint density at radius 3 is 2.79 bits per heavy atom. The number of rotatable bonds is 5. The smallest absolute Gasteiger partial charge is 0.0453 e. The van der Waals surface area contributed by atoms with Gasteiger partial charge in [0.1, 0.15) is 0 Å². The molecule has 14 heavy (non-hydrogen) atoms. The van der Waals surface area contributed by atoms with Crippen molar-refractivity contribution in [3.63, 3.8) is 0 Å². The first-order chi connectivity index (χ1) is 6.74. The van der Waals surface area contributed by atoms with Gasteiger partial charge in [0.25, 0.3) is 0 Å². The molecule has 1 rings (SSSR count). The number of hydrogen-bond acceptors (Lipinski definition) is 1. The van der Waals surface area contributed by atoms with Crippen LogP contribution in [-0.4, -0.2) is 13.1 Å². The van der Waals surface area contributed by atoms with Crippen molar-refractivity contribution in [2.45, 2.75) is 6.42 Å². The largest absolute Gasteiger partial charge is 0.313 e. The quantitative estimate of drug-likeness (QED) is 0.604. The standard InChI is InChI=1S/C11H13Cl2N/c1-2-6-14-7-5-9-3-4-10(12)8-11(9)13/h2-4,8,14H,1,5-7H2. The third kappa shape index (κ3) is 3.70. The predicted octanol–water partition coefficient (Wildman–Crippen LogP) is 3.31. The molecule has 0 saturated heterocycles. The van der Waals surface area contributed by atoms with E-state index in [-0.39, 0.29) is 0 Å². The second-order valence-corrected chi connectivity index (χ2v) is 3.82. The summed E-state index contributed by atoms with van der Waals surface area (Å²) in [5.41, 5.74) is 1.12. The second-order valence-electron chi connectivity index (χ2n) is 2.98. The molecule has 1 aromatic rings. The summed E-state index contributed by atoms with van der Waals surface area (Å²) in [6.07, 6.45) is 2.74. The van der Waals surface area contributed by atoms with E-state index in [2.05, 4.69) is 11.9 Å². The maximum absolute atomic E-state index is 6.01. The first kappa shape index (κ1) is 11.6. The van der Waals surface area contributed by atoms with Crippen LogP contribution >= 0.6 is 23.2 Å². The molecule has 0 spiro atoms. The van der Waals surface area contributed by atoms with E-state index in [1.165, 1.54) is 0 Å². The molecule has 0 atom stereocenters. The van der Waals surface area contributed by atoms with Gasteiger partial charge < -0.3 is 5.32 Å². The molecule has 0 aliphatic rings. The minimum atomic E-state index is 0.679. The highest BCUT2D eigenvalue weighted by Gasteiger charge is 1.99. The molecule has 1 aromatic carbocycles. The van der Waals surface area contributed by atoms with Crippen molar-refractivity contribution in [1.82, 2.24) is 5.32 Å². The third-order valence-electron chi connectivity index (χ3n) is 1.87. The van der Waals surface area contributed by atoms with Crippen LogP contribution in [0.4, 0.5) is 0 Å². The molecular weight excluding hydrogens is 217 g/mol. The lowest BCUT2D eigenvalue weighted by Gasteiger charge is -2.04. The Labute approximate surface area is 94.7 Å². The summed E-state index contributed by atoms with van der Waals surface area (Å²) in [6, 6.07) is 5.59. The van der Waals surface area contributed by atoms with Gasteiger partial charge >= 0.3 is 0 Å². The van der Waals surface area contributed by atoms with Gasteiger partial charge in [-0.15, -0.1) is 6.58 Å². The topological polar surface area (TPSA) is 12.0 Å². The van der Waals surface area contributed by atoms with Crippen LogP contribution in [0.15, 0.2) is 30.9 Å². The molecule has 0 radical (unpaired) electrons. The van der Waals surface area contributed by atoms with Crippen LogP contribution in [-0.2, 0) is 6.42 Å². The van der Waals surface area contributed by atoms with Crippen molar-refractivity contribution in [2.24, 2.45) is 0 Å². The molecule has 1 nitrogen and oxygen atoms in total. The average molecular weight is 230 g/mol. The monoisotopic (exact) mass is 229 g/mol. The van der Waals surface area contributed by atoms with Gasteiger partial charge in [-0.3, -0.25) is 0 Å². The molecule has 0 amide bonds. The molecule has 0 bridgehead atoms. The van der Waals surface area contributed by atoms with Gasteiger partial charge in [0, 0.05) is 16.6 Å². The molecule has 0 saturated carbocycles. The Hall–Kier alpha value is -0.500. The zero-order valence-corrected chi connectivity index (χ0v) is 9.41. The van der Waals surface area contributed by atoms with Crippen molar-refractivity contribution < 1.29 is 0 Å². The average Bonchev–Trinajstić information content (AvgIpc) is 2.15. The molecule has 0 unspecified atom stereocenters. The van der Waals surface area contributed by atoms with Crippen LogP contribution in [0.5, 0.6) is 0 Å². The summed E-state index contributed by atoms with van der Waals surface area (Å²) in [5, 5.41) is 4.63. The number of halogens is 2. The number of nitrogens with one attached hydrogen (secondary N) is 1. The number of hydrogen-bond donors (Lipinski definition) is 1. The molecule has 76 valence electrons. The van der Waals surface area contributed by atoms with Crippen LogP contribution in [0.25, 0.3) is 0 Å². The predicted molar refractivity (Wildman–Crippen MR) is 63.2 cm³/mol. The van der Waals surface area contributed by atoms with E-state index in [0.717, 1.165) is 30.1 Å². The third-order valence-corrected chi connectivity index (χ3v) is 2.46. The van der Waals surface area contributed by atoms with Crippen LogP contribution in [0, 0.1) is 0 Å². The highest BCUT2D eigenvalue weighted by atomic mass is 35.5.